The maximum absolute atomic E-state index is 14.6. The summed E-state index contributed by atoms with van der Waals surface area (Å²) in [4.78, 5) is 13.2. The topological polar surface area (TPSA) is 114 Å². The molecule has 2 aromatic carbocycles. The molecule has 0 fully saturated rings. The van der Waals surface area contributed by atoms with Gasteiger partial charge in [-0.3, -0.25) is 4.79 Å². The van der Waals surface area contributed by atoms with E-state index in [4.69, 9.17) is 14.3 Å². The normalized spacial score (nSPS) is 13.2. The lowest BCUT2D eigenvalue weighted by atomic mass is 10.1. The monoisotopic (exact) mass is 526 g/mol. The van der Waals surface area contributed by atoms with Crippen LogP contribution in [0.4, 0.5) is 23.2 Å². The standard InChI is InChI=1S/C23H22F4N4O4S/c1-12(2)34-15-8-9-18(17(24)11-15)35-22-19(13(3)20(30-31-22)23(25,26)27)21(32)29-14-6-5-7-16(10-14)36(4,28)33/h5-12,28H,1-4H3,(H,29,32). The van der Waals surface area contributed by atoms with Crippen LogP contribution >= 0.6 is 0 Å². The van der Waals surface area contributed by atoms with Crippen molar-refractivity contribution in [3.63, 3.8) is 0 Å². The zero-order valence-electron chi connectivity index (χ0n) is 19.6. The molecule has 1 amide bonds. The molecule has 0 spiro atoms. The molecule has 0 saturated heterocycles. The number of anilines is 1. The summed E-state index contributed by atoms with van der Waals surface area (Å²) < 4.78 is 85.5. The summed E-state index contributed by atoms with van der Waals surface area (Å²) in [5, 5.41) is 8.93. The number of carbonyl (C=O) groups is 1. The molecule has 3 rings (SSSR count). The highest BCUT2D eigenvalue weighted by Gasteiger charge is 2.38. The third kappa shape index (κ3) is 6.27. The lowest BCUT2D eigenvalue weighted by Crippen LogP contribution is -2.21. The number of carbonyl (C=O) groups excluding carboxylic acids is 1. The average Bonchev–Trinajstić information content (AvgIpc) is 2.74. The molecule has 0 radical (unpaired) electrons. The van der Waals surface area contributed by atoms with Gasteiger partial charge in [-0.2, -0.15) is 13.2 Å². The fraction of sp³-hybridized carbons (Fsp3) is 0.261. The Hall–Kier alpha value is -3.74. The van der Waals surface area contributed by atoms with Crippen LogP contribution in [0.1, 0.15) is 35.5 Å². The number of nitrogens with one attached hydrogen (secondary N) is 2. The highest BCUT2D eigenvalue weighted by Crippen LogP contribution is 2.36. The van der Waals surface area contributed by atoms with Gasteiger partial charge in [0.25, 0.3) is 11.8 Å². The van der Waals surface area contributed by atoms with Crippen LogP contribution in [0.15, 0.2) is 47.4 Å². The molecule has 1 heterocycles. The minimum atomic E-state index is -4.93. The Bertz CT molecular complexity index is 1410. The zero-order valence-corrected chi connectivity index (χ0v) is 20.4. The molecule has 36 heavy (non-hydrogen) atoms. The SMILES string of the molecule is Cc1c(C(F)(F)F)nnc(Oc2ccc(OC(C)C)cc2F)c1C(=O)Nc1cccc(S(C)(=N)=O)c1. The minimum absolute atomic E-state index is 0.0661. The summed E-state index contributed by atoms with van der Waals surface area (Å²) in [5.74, 6) is -2.85. The number of alkyl halides is 3. The van der Waals surface area contributed by atoms with Gasteiger partial charge in [0.15, 0.2) is 17.3 Å². The predicted molar refractivity (Wildman–Crippen MR) is 123 cm³/mol. The van der Waals surface area contributed by atoms with E-state index in [-0.39, 0.29) is 22.4 Å². The van der Waals surface area contributed by atoms with Crippen LogP contribution in [-0.4, -0.2) is 32.7 Å². The molecule has 1 aromatic heterocycles. The van der Waals surface area contributed by atoms with Crippen molar-refractivity contribution in [1.29, 1.82) is 4.78 Å². The molecule has 1 unspecified atom stereocenters. The number of nitrogens with zero attached hydrogens (tertiary/aromatic N) is 2. The van der Waals surface area contributed by atoms with Crippen LogP contribution in [0.25, 0.3) is 0 Å². The third-order valence-electron chi connectivity index (χ3n) is 4.70. The number of halogens is 4. The first-order chi connectivity index (χ1) is 16.7. The van der Waals surface area contributed by atoms with E-state index in [0.29, 0.717) is 0 Å². The van der Waals surface area contributed by atoms with Crippen LogP contribution in [0.3, 0.4) is 0 Å². The second kappa shape index (κ2) is 10.1. The molecule has 1 atom stereocenters. The Morgan fingerprint density at radius 1 is 1.14 bits per heavy atom. The second-order valence-electron chi connectivity index (χ2n) is 8.04. The van der Waals surface area contributed by atoms with E-state index in [2.05, 4.69) is 15.5 Å². The van der Waals surface area contributed by atoms with E-state index in [1.807, 2.05) is 0 Å². The van der Waals surface area contributed by atoms with Gasteiger partial charge in [-0.15, -0.1) is 10.2 Å². The highest BCUT2D eigenvalue weighted by molar-refractivity contribution is 7.91. The van der Waals surface area contributed by atoms with E-state index in [9.17, 15) is 26.6 Å². The molecule has 192 valence electrons. The quantitative estimate of drug-likeness (QED) is 0.376. The molecule has 3 aromatic rings. The maximum atomic E-state index is 14.6. The average molecular weight is 527 g/mol. The number of aromatic nitrogens is 2. The van der Waals surface area contributed by atoms with E-state index < -0.39 is 56.1 Å². The van der Waals surface area contributed by atoms with E-state index in [0.717, 1.165) is 13.0 Å². The molecule has 0 aliphatic heterocycles. The van der Waals surface area contributed by atoms with Gasteiger partial charge in [-0.25, -0.2) is 13.4 Å². The number of hydrogen-bond acceptors (Lipinski definition) is 7. The van der Waals surface area contributed by atoms with Crippen molar-refractivity contribution in [2.24, 2.45) is 0 Å². The molecule has 0 aliphatic carbocycles. The number of rotatable bonds is 7. The molecule has 0 bridgehead atoms. The lowest BCUT2D eigenvalue weighted by Gasteiger charge is -2.17. The van der Waals surface area contributed by atoms with E-state index >= 15 is 0 Å². The van der Waals surface area contributed by atoms with Crippen LogP contribution in [0, 0.1) is 17.5 Å². The Labute approximate surface area is 204 Å². The smallest absolute Gasteiger partial charge is 0.435 e. The molecule has 0 aliphatic rings. The molecule has 0 saturated carbocycles. The van der Waals surface area contributed by atoms with Gasteiger partial charge in [0, 0.05) is 22.9 Å². The van der Waals surface area contributed by atoms with E-state index in [1.54, 1.807) is 13.8 Å². The van der Waals surface area contributed by atoms with Crippen LogP contribution in [0.2, 0.25) is 0 Å². The third-order valence-corrected chi connectivity index (χ3v) is 5.86. The Morgan fingerprint density at radius 3 is 2.42 bits per heavy atom. The Morgan fingerprint density at radius 2 is 1.83 bits per heavy atom. The largest absolute Gasteiger partial charge is 0.491 e. The van der Waals surface area contributed by atoms with Crippen molar-refractivity contribution in [3.8, 4) is 17.4 Å². The van der Waals surface area contributed by atoms with Gasteiger partial charge in [-0.05, 0) is 56.7 Å². The zero-order chi connectivity index (χ0) is 26.8. The lowest BCUT2D eigenvalue weighted by molar-refractivity contribution is -0.142. The van der Waals surface area contributed by atoms with Crippen molar-refractivity contribution < 1.29 is 36.0 Å². The summed E-state index contributed by atoms with van der Waals surface area (Å²) in [7, 11) is -3.12. The predicted octanol–water partition coefficient (Wildman–Crippen LogP) is 5.81. The molecule has 13 heteroatoms. The summed E-state index contributed by atoms with van der Waals surface area (Å²) in [6, 6.07) is 9.08. The molecular weight excluding hydrogens is 504 g/mol. The van der Waals surface area contributed by atoms with Gasteiger partial charge in [0.1, 0.15) is 11.3 Å². The summed E-state index contributed by atoms with van der Waals surface area (Å²) >= 11 is 0. The Kier molecular flexibility index (Phi) is 7.53. The first kappa shape index (κ1) is 26.9. The van der Waals surface area contributed by atoms with Crippen molar-refractivity contribution in [1.82, 2.24) is 10.2 Å². The van der Waals surface area contributed by atoms with Gasteiger partial charge >= 0.3 is 6.18 Å². The summed E-state index contributed by atoms with van der Waals surface area (Å²) in [5.41, 5.74) is -2.58. The Balaban J connectivity index is 2.04. The molecule has 8 nitrogen and oxygen atoms in total. The second-order valence-corrected chi connectivity index (χ2v) is 10.2. The summed E-state index contributed by atoms with van der Waals surface area (Å²) in [6.45, 7) is 4.49. The number of hydrogen-bond donors (Lipinski definition) is 2. The first-order valence-electron chi connectivity index (χ1n) is 10.4. The van der Waals surface area contributed by atoms with Crippen LogP contribution in [-0.2, 0) is 15.9 Å². The molecular formula is C23H22F4N4O4S. The van der Waals surface area contributed by atoms with Crippen molar-refractivity contribution in [2.75, 3.05) is 11.6 Å². The van der Waals surface area contributed by atoms with Gasteiger partial charge in [0.2, 0.25) is 0 Å². The van der Waals surface area contributed by atoms with Crippen LogP contribution in [0.5, 0.6) is 17.4 Å². The fourth-order valence-corrected chi connectivity index (χ4v) is 3.82. The van der Waals surface area contributed by atoms with Crippen LogP contribution < -0.4 is 14.8 Å². The fourth-order valence-electron chi connectivity index (χ4n) is 3.13. The summed E-state index contributed by atoms with van der Waals surface area (Å²) in [6.07, 6.45) is -3.98. The maximum Gasteiger partial charge on any atom is 0.435 e. The van der Waals surface area contributed by atoms with Gasteiger partial charge < -0.3 is 14.8 Å². The van der Waals surface area contributed by atoms with Gasteiger partial charge in [-0.1, -0.05) is 6.07 Å². The van der Waals surface area contributed by atoms with E-state index in [1.165, 1.54) is 42.7 Å². The molecule has 2 N–H and O–H groups in total. The number of benzene rings is 2. The highest BCUT2D eigenvalue weighted by atomic mass is 32.2. The minimum Gasteiger partial charge on any atom is -0.491 e. The number of ether oxygens (including phenoxy) is 2. The van der Waals surface area contributed by atoms with Crippen molar-refractivity contribution in [2.45, 2.75) is 37.9 Å². The number of amides is 1. The van der Waals surface area contributed by atoms with Crippen molar-refractivity contribution in [3.05, 3.63) is 65.1 Å². The first-order valence-corrected chi connectivity index (χ1v) is 12.4. The van der Waals surface area contributed by atoms with Crippen molar-refractivity contribution >= 4 is 21.3 Å². The van der Waals surface area contributed by atoms with Gasteiger partial charge in [0.05, 0.1) is 15.8 Å².